The van der Waals surface area contributed by atoms with Crippen LogP contribution in [0.3, 0.4) is 0 Å². The highest BCUT2D eigenvalue weighted by Crippen LogP contribution is 2.47. The molecule has 2 aromatic carbocycles. The summed E-state index contributed by atoms with van der Waals surface area (Å²) in [6.07, 6.45) is 5.59. The van der Waals surface area contributed by atoms with Crippen molar-refractivity contribution in [1.82, 2.24) is 0 Å². The zero-order valence-electron chi connectivity index (χ0n) is 27.4. The number of rotatable bonds is 10. The number of allylic oxidation sites excluding steroid dienone is 2. The van der Waals surface area contributed by atoms with Crippen LogP contribution >= 0.6 is 7.14 Å². The van der Waals surface area contributed by atoms with Gasteiger partial charge in [0.15, 0.2) is 16.6 Å². The van der Waals surface area contributed by atoms with E-state index in [0.717, 1.165) is 36.5 Å². The topological polar surface area (TPSA) is 35.5 Å². The molecule has 1 aliphatic carbocycles. The molecule has 1 aliphatic rings. The Bertz CT molecular complexity index is 1190. The first-order valence-electron chi connectivity index (χ1n) is 15.3. The lowest BCUT2D eigenvalue weighted by atomic mass is 9.78. The van der Waals surface area contributed by atoms with Crippen molar-refractivity contribution in [3.05, 3.63) is 84.5 Å². The van der Waals surface area contributed by atoms with Crippen molar-refractivity contribution in [2.75, 3.05) is 12.8 Å². The molecule has 0 radical (unpaired) electrons. The predicted octanol–water partition coefficient (Wildman–Crippen LogP) is 9.70. The summed E-state index contributed by atoms with van der Waals surface area (Å²) in [4.78, 5) is 0. The Kier molecular flexibility index (Phi) is 10.8. The largest absolute Gasteiger partial charge is 0.417 e. The average molecular weight is 611 g/mol. The van der Waals surface area contributed by atoms with Gasteiger partial charge in [-0.3, -0.25) is 0 Å². The lowest BCUT2D eigenvalue weighted by molar-refractivity contribution is 0.136. The molecule has 0 bridgehead atoms. The van der Waals surface area contributed by atoms with E-state index in [1.807, 2.05) is 60.7 Å². The van der Waals surface area contributed by atoms with E-state index in [1.54, 1.807) is 0 Å². The van der Waals surface area contributed by atoms with Crippen molar-refractivity contribution >= 4 is 34.4 Å². The Balaban J connectivity index is 1.92. The molecule has 3 rings (SSSR count). The maximum atomic E-state index is 14.8. The highest BCUT2D eigenvalue weighted by atomic mass is 31.2. The predicted molar refractivity (Wildman–Crippen MR) is 184 cm³/mol. The molecule has 0 spiro atoms. The summed E-state index contributed by atoms with van der Waals surface area (Å²) in [5.74, 6) is 0.294. The SMILES string of the molecule is C=C1/C(=C/CP(=O)(c2ccccc2)c2ccccc2)C[C@@H](O[Si](C)(C)C(C)(C)C)C[C@@H]1CCO[Si](C)(C)C(C)(C)C. The molecular weight excluding hydrogens is 556 g/mol. The van der Waals surface area contributed by atoms with Crippen LogP contribution in [0.5, 0.6) is 0 Å². The second kappa shape index (κ2) is 13.0. The number of benzene rings is 2. The van der Waals surface area contributed by atoms with Gasteiger partial charge in [-0.05, 0) is 72.6 Å². The number of hydrogen-bond donors (Lipinski definition) is 0. The number of hydrogen-bond acceptors (Lipinski definition) is 3. The van der Waals surface area contributed by atoms with E-state index in [2.05, 4.69) is 80.4 Å². The second-order valence-electron chi connectivity index (χ2n) is 14.9. The Morgan fingerprint density at radius 3 is 1.80 bits per heavy atom. The third-order valence-corrected chi connectivity index (χ3v) is 21.9. The highest BCUT2D eigenvalue weighted by Gasteiger charge is 2.42. The molecule has 41 heavy (non-hydrogen) atoms. The van der Waals surface area contributed by atoms with E-state index in [0.29, 0.717) is 12.1 Å². The lowest BCUT2D eigenvalue weighted by Gasteiger charge is -2.43. The van der Waals surface area contributed by atoms with Crippen LogP contribution < -0.4 is 10.6 Å². The van der Waals surface area contributed by atoms with Crippen molar-refractivity contribution in [1.29, 1.82) is 0 Å². The third kappa shape index (κ3) is 8.33. The molecule has 6 heteroatoms. The molecule has 0 saturated heterocycles. The molecule has 0 aliphatic heterocycles. The van der Waals surface area contributed by atoms with E-state index < -0.39 is 23.8 Å². The first kappa shape index (κ1) is 34.0. The summed E-state index contributed by atoms with van der Waals surface area (Å²) in [5.41, 5.74) is 2.39. The van der Waals surface area contributed by atoms with Gasteiger partial charge < -0.3 is 13.4 Å². The Morgan fingerprint density at radius 1 is 0.854 bits per heavy atom. The summed E-state index contributed by atoms with van der Waals surface area (Å²) in [6, 6.07) is 19.9. The minimum atomic E-state index is -2.86. The van der Waals surface area contributed by atoms with Crippen LogP contribution in [0.4, 0.5) is 0 Å². The van der Waals surface area contributed by atoms with Gasteiger partial charge in [0.05, 0.1) is 0 Å². The van der Waals surface area contributed by atoms with E-state index in [9.17, 15) is 4.57 Å². The quantitative estimate of drug-likeness (QED) is 0.198. The zero-order valence-corrected chi connectivity index (χ0v) is 30.3. The van der Waals surface area contributed by atoms with Gasteiger partial charge in [0.1, 0.15) is 7.14 Å². The van der Waals surface area contributed by atoms with Crippen molar-refractivity contribution in [3.63, 3.8) is 0 Å². The molecule has 0 heterocycles. The van der Waals surface area contributed by atoms with Crippen LogP contribution in [0.15, 0.2) is 84.5 Å². The van der Waals surface area contributed by atoms with Crippen LogP contribution in [-0.4, -0.2) is 35.5 Å². The molecular formula is C35H55O3PSi2. The van der Waals surface area contributed by atoms with Crippen molar-refractivity contribution in [2.45, 2.75) is 103 Å². The summed E-state index contributed by atoms with van der Waals surface area (Å²) in [5, 5.41) is 2.13. The van der Waals surface area contributed by atoms with Crippen LogP contribution in [0, 0.1) is 5.92 Å². The Hall–Kier alpha value is -1.50. The van der Waals surface area contributed by atoms with E-state index in [-0.39, 0.29) is 16.2 Å². The third-order valence-electron chi connectivity index (χ3n) is 9.84. The van der Waals surface area contributed by atoms with Gasteiger partial charge in [0.25, 0.3) is 0 Å². The summed E-state index contributed by atoms with van der Waals surface area (Å²) in [6.45, 7) is 28.5. The van der Waals surface area contributed by atoms with E-state index in [4.69, 9.17) is 8.85 Å². The monoisotopic (exact) mass is 610 g/mol. The first-order valence-corrected chi connectivity index (χ1v) is 23.0. The maximum absolute atomic E-state index is 14.8. The summed E-state index contributed by atoms with van der Waals surface area (Å²) < 4.78 is 28.4. The lowest BCUT2D eigenvalue weighted by Crippen LogP contribution is -2.45. The molecule has 0 amide bonds. The molecule has 0 aromatic heterocycles. The highest BCUT2D eigenvalue weighted by molar-refractivity contribution is 7.78. The maximum Gasteiger partial charge on any atom is 0.192 e. The normalized spacial score (nSPS) is 20.4. The van der Waals surface area contributed by atoms with Crippen LogP contribution in [0.1, 0.15) is 60.8 Å². The molecule has 2 atom stereocenters. The van der Waals surface area contributed by atoms with Gasteiger partial charge in [0.2, 0.25) is 0 Å². The fourth-order valence-electron chi connectivity index (χ4n) is 4.98. The van der Waals surface area contributed by atoms with Gasteiger partial charge in [-0.1, -0.05) is 115 Å². The van der Waals surface area contributed by atoms with Gasteiger partial charge >= 0.3 is 0 Å². The van der Waals surface area contributed by atoms with Crippen LogP contribution in [0.2, 0.25) is 36.3 Å². The fourth-order valence-corrected chi connectivity index (χ4v) is 9.91. The van der Waals surface area contributed by atoms with Gasteiger partial charge in [0, 0.05) is 29.5 Å². The van der Waals surface area contributed by atoms with Crippen molar-refractivity contribution in [3.8, 4) is 0 Å². The zero-order chi connectivity index (χ0) is 30.7. The molecule has 226 valence electrons. The average Bonchev–Trinajstić information content (AvgIpc) is 2.88. The van der Waals surface area contributed by atoms with Crippen molar-refractivity contribution < 1.29 is 13.4 Å². The standard InChI is InChI=1S/C35H55O3PSi2/c1-28-29(22-24-37-40(8,9)34(2,3)4)26-31(38-41(10,11)35(5,6)7)27-30(28)23-25-39(36,32-18-14-12-15-19-32)33-20-16-13-17-21-33/h12-21,23,29,31H,1,22,24-27H2,2-11H3/b30-23+/t29-,31-/m0/s1. The summed E-state index contributed by atoms with van der Waals surface area (Å²) >= 11 is 0. The molecule has 2 aromatic rings. The fraction of sp³-hybridized carbons (Fsp3) is 0.543. The van der Waals surface area contributed by atoms with Gasteiger partial charge in [-0.15, -0.1) is 0 Å². The Labute approximate surface area is 253 Å². The molecule has 0 unspecified atom stereocenters. The van der Waals surface area contributed by atoms with E-state index >= 15 is 0 Å². The minimum Gasteiger partial charge on any atom is -0.417 e. The van der Waals surface area contributed by atoms with Gasteiger partial charge in [-0.25, -0.2) is 0 Å². The minimum absolute atomic E-state index is 0.137. The molecule has 1 saturated carbocycles. The molecule has 3 nitrogen and oxygen atoms in total. The molecule has 0 N–H and O–H groups in total. The van der Waals surface area contributed by atoms with Crippen LogP contribution in [-0.2, 0) is 13.4 Å². The van der Waals surface area contributed by atoms with Crippen LogP contribution in [0.25, 0.3) is 0 Å². The Morgan fingerprint density at radius 2 is 1.34 bits per heavy atom. The first-order chi connectivity index (χ1) is 18.9. The van der Waals surface area contributed by atoms with E-state index in [1.165, 1.54) is 11.1 Å². The summed E-state index contributed by atoms with van der Waals surface area (Å²) in [7, 11) is -6.64. The van der Waals surface area contributed by atoms with Crippen molar-refractivity contribution in [2.24, 2.45) is 5.92 Å². The molecule has 1 fully saturated rings. The second-order valence-corrected chi connectivity index (χ2v) is 27.3. The smallest absolute Gasteiger partial charge is 0.192 e. The van der Waals surface area contributed by atoms with Gasteiger partial charge in [-0.2, -0.15) is 0 Å².